The summed E-state index contributed by atoms with van der Waals surface area (Å²) in [5.74, 6) is 0.501. The molecule has 0 unspecified atom stereocenters. The number of fused-ring (bicyclic) bond motifs is 1. The summed E-state index contributed by atoms with van der Waals surface area (Å²) < 4.78 is 5.60. The van der Waals surface area contributed by atoms with Gasteiger partial charge < -0.3 is 20.4 Å². The van der Waals surface area contributed by atoms with Gasteiger partial charge in [-0.3, -0.25) is 5.32 Å². The number of imidazole rings is 1. The molecule has 5 rings (SSSR count). The molecule has 41 heavy (non-hydrogen) atoms. The van der Waals surface area contributed by atoms with Gasteiger partial charge in [0, 0.05) is 22.8 Å². The number of aromatic amines is 1. The van der Waals surface area contributed by atoms with Gasteiger partial charge in [-0.05, 0) is 48.7 Å². The number of urea groups is 1. The number of hydrogen-bond donors (Lipinski definition) is 4. The summed E-state index contributed by atoms with van der Waals surface area (Å²) in [4.78, 5) is 37.1. The van der Waals surface area contributed by atoms with Crippen molar-refractivity contribution in [3.8, 4) is 11.3 Å². The van der Waals surface area contributed by atoms with E-state index in [4.69, 9.17) is 28.2 Å². The molecular formula is C29H26Cl2N6O3S. The molecule has 0 aliphatic carbocycles. The number of anilines is 1. The summed E-state index contributed by atoms with van der Waals surface area (Å²) in [7, 11) is 1.30. The number of methoxy groups -OCH3 is 1. The number of aryl methyl sites for hydroxylation is 1. The number of halogens is 2. The zero-order valence-electron chi connectivity index (χ0n) is 22.1. The quantitative estimate of drug-likeness (QED) is 0.148. The monoisotopic (exact) mass is 608 g/mol. The highest BCUT2D eigenvalue weighted by atomic mass is 35.5. The van der Waals surface area contributed by atoms with Crippen LogP contribution in [0.15, 0.2) is 66.7 Å². The fourth-order valence-electron chi connectivity index (χ4n) is 4.36. The van der Waals surface area contributed by atoms with Crippen LogP contribution >= 0.6 is 34.5 Å². The molecule has 2 aromatic heterocycles. The average molecular weight is 610 g/mol. The number of carbonyl (C=O) groups excluding carboxylic acids is 2. The molecule has 0 aliphatic heterocycles. The van der Waals surface area contributed by atoms with Crippen molar-refractivity contribution < 1.29 is 14.3 Å². The fourth-order valence-corrected chi connectivity index (χ4v) is 5.83. The molecule has 12 heteroatoms. The Morgan fingerprint density at radius 1 is 1.05 bits per heavy atom. The van der Waals surface area contributed by atoms with Crippen molar-refractivity contribution in [1.29, 1.82) is 0 Å². The van der Waals surface area contributed by atoms with E-state index in [-0.39, 0.29) is 12.6 Å². The van der Waals surface area contributed by atoms with Gasteiger partial charge in [-0.2, -0.15) is 0 Å². The third-order valence-corrected chi connectivity index (χ3v) is 7.68. The second kappa shape index (κ2) is 12.6. The van der Waals surface area contributed by atoms with Gasteiger partial charge in [0.05, 0.1) is 28.4 Å². The number of carbonyl (C=O) groups is 2. The van der Waals surface area contributed by atoms with E-state index in [1.165, 1.54) is 7.11 Å². The van der Waals surface area contributed by atoms with Gasteiger partial charge in [0.1, 0.15) is 16.7 Å². The number of benzene rings is 3. The topological polar surface area (TPSA) is 121 Å². The molecule has 0 aliphatic rings. The molecule has 0 fully saturated rings. The third kappa shape index (κ3) is 6.97. The number of nitrogens with one attached hydrogen (secondary N) is 4. The highest BCUT2D eigenvalue weighted by Gasteiger charge is 2.22. The molecule has 3 amide bonds. The van der Waals surface area contributed by atoms with Crippen molar-refractivity contribution in [2.75, 3.05) is 12.4 Å². The number of amides is 3. The number of H-pyrrole nitrogens is 1. The van der Waals surface area contributed by atoms with E-state index >= 15 is 0 Å². The molecule has 9 nitrogen and oxygen atoms in total. The second-order valence-corrected chi connectivity index (χ2v) is 11.2. The largest absolute Gasteiger partial charge is 0.453 e. The van der Waals surface area contributed by atoms with Crippen LogP contribution < -0.4 is 16.0 Å². The maximum absolute atomic E-state index is 13.1. The first kappa shape index (κ1) is 28.4. The standard InChI is InChI=1S/C29H26Cl2N6O3S/c1-16-33-24-19(13-20(30)14-23(24)41-16)15-32-28(38)35-22(12-17-6-4-3-5-7-17)27-36-25(26(31)37-27)18-8-10-21(11-9-18)34-29(39)40-2/h3-11,13-14,22H,12,15H2,1-2H3,(H,34,39)(H,36,37)(H2,32,35,38)/t22-/m0/s1. The highest BCUT2D eigenvalue weighted by Crippen LogP contribution is 2.30. The molecule has 1 atom stereocenters. The van der Waals surface area contributed by atoms with Gasteiger partial charge in [0.25, 0.3) is 0 Å². The van der Waals surface area contributed by atoms with Crippen molar-refractivity contribution >= 4 is 62.6 Å². The Morgan fingerprint density at radius 2 is 1.80 bits per heavy atom. The molecule has 0 saturated carbocycles. The second-order valence-electron chi connectivity index (χ2n) is 9.19. The summed E-state index contributed by atoms with van der Waals surface area (Å²) in [6.45, 7) is 2.19. The molecule has 3 aromatic carbocycles. The first-order valence-electron chi connectivity index (χ1n) is 12.6. The van der Waals surface area contributed by atoms with Gasteiger partial charge in [-0.15, -0.1) is 11.3 Å². The number of ether oxygens (including phenoxy) is 1. The van der Waals surface area contributed by atoms with E-state index in [1.807, 2.05) is 49.4 Å². The molecule has 0 spiro atoms. The number of rotatable bonds is 8. The average Bonchev–Trinajstić information content (AvgIpc) is 3.53. The lowest BCUT2D eigenvalue weighted by Crippen LogP contribution is -2.38. The smallest absolute Gasteiger partial charge is 0.411 e. The number of nitrogens with zero attached hydrogens (tertiary/aromatic N) is 2. The van der Waals surface area contributed by atoms with Crippen molar-refractivity contribution in [2.45, 2.75) is 25.9 Å². The lowest BCUT2D eigenvalue weighted by atomic mass is 10.1. The normalized spacial score (nSPS) is 11.7. The van der Waals surface area contributed by atoms with Crippen molar-refractivity contribution in [1.82, 2.24) is 25.6 Å². The lowest BCUT2D eigenvalue weighted by molar-refractivity contribution is 0.187. The minimum absolute atomic E-state index is 0.250. The van der Waals surface area contributed by atoms with Crippen molar-refractivity contribution in [3.63, 3.8) is 0 Å². The Labute approximate surface area is 250 Å². The fraction of sp³-hybridized carbons (Fsp3) is 0.172. The zero-order chi connectivity index (χ0) is 28.9. The van der Waals surface area contributed by atoms with Gasteiger partial charge in [-0.25, -0.2) is 19.6 Å². The lowest BCUT2D eigenvalue weighted by Gasteiger charge is -2.18. The molecule has 210 valence electrons. The van der Waals surface area contributed by atoms with E-state index in [0.717, 1.165) is 31.9 Å². The minimum Gasteiger partial charge on any atom is -0.453 e. The van der Waals surface area contributed by atoms with Crippen LogP contribution in [0.2, 0.25) is 10.2 Å². The predicted octanol–water partition coefficient (Wildman–Crippen LogP) is 7.26. The predicted molar refractivity (Wildman–Crippen MR) is 163 cm³/mol. The van der Waals surface area contributed by atoms with E-state index in [2.05, 4.69) is 30.7 Å². The Hall–Kier alpha value is -4.12. The summed E-state index contributed by atoms with van der Waals surface area (Å²) in [6, 6.07) is 19.6. The van der Waals surface area contributed by atoms with E-state index < -0.39 is 12.1 Å². The first-order chi connectivity index (χ1) is 19.8. The van der Waals surface area contributed by atoms with Gasteiger partial charge in [-0.1, -0.05) is 65.7 Å². The van der Waals surface area contributed by atoms with Crippen LogP contribution in [0.25, 0.3) is 21.5 Å². The number of aromatic nitrogens is 3. The zero-order valence-corrected chi connectivity index (χ0v) is 24.5. The SMILES string of the molecule is COC(=O)Nc1ccc(-c2nc([C@H](Cc3ccccc3)NC(=O)NCc3cc(Cl)cc4sc(C)nc34)[nH]c2Cl)cc1. The first-order valence-corrected chi connectivity index (χ1v) is 14.2. The molecule has 4 N–H and O–H groups in total. The van der Waals surface area contributed by atoms with Crippen LogP contribution in [0.3, 0.4) is 0 Å². The van der Waals surface area contributed by atoms with Crippen LogP contribution in [0.4, 0.5) is 15.3 Å². The highest BCUT2D eigenvalue weighted by molar-refractivity contribution is 7.18. The number of thiazole rings is 1. The van der Waals surface area contributed by atoms with Crippen LogP contribution in [0.5, 0.6) is 0 Å². The Morgan fingerprint density at radius 3 is 2.54 bits per heavy atom. The third-order valence-electron chi connectivity index (χ3n) is 6.27. The van der Waals surface area contributed by atoms with Gasteiger partial charge in [0.15, 0.2) is 0 Å². The van der Waals surface area contributed by atoms with E-state index in [9.17, 15) is 9.59 Å². The molecule has 5 aromatic rings. The molecule has 0 bridgehead atoms. The Balaban J connectivity index is 1.35. The summed E-state index contributed by atoms with van der Waals surface area (Å²) in [5, 5.41) is 10.4. The van der Waals surface area contributed by atoms with E-state index in [1.54, 1.807) is 35.6 Å². The molecule has 0 saturated heterocycles. The maximum atomic E-state index is 13.1. The maximum Gasteiger partial charge on any atom is 0.411 e. The number of hydrogen-bond acceptors (Lipinski definition) is 6. The van der Waals surface area contributed by atoms with E-state index in [0.29, 0.717) is 33.8 Å². The Kier molecular flexibility index (Phi) is 8.72. The molecular weight excluding hydrogens is 583 g/mol. The Bertz CT molecular complexity index is 1690. The van der Waals surface area contributed by atoms with Crippen molar-refractivity contribution in [3.05, 3.63) is 98.9 Å². The molecule has 0 radical (unpaired) electrons. The summed E-state index contributed by atoms with van der Waals surface area (Å²) in [5.41, 5.74) is 4.50. The van der Waals surface area contributed by atoms with Crippen LogP contribution in [0, 0.1) is 6.92 Å². The van der Waals surface area contributed by atoms with Crippen LogP contribution in [-0.4, -0.2) is 34.2 Å². The summed E-state index contributed by atoms with van der Waals surface area (Å²) in [6.07, 6.45) is -0.0842. The molecule has 2 heterocycles. The van der Waals surface area contributed by atoms with Crippen molar-refractivity contribution in [2.24, 2.45) is 0 Å². The summed E-state index contributed by atoms with van der Waals surface area (Å²) >= 11 is 14.4. The van der Waals surface area contributed by atoms with Gasteiger partial charge in [0.2, 0.25) is 0 Å². The minimum atomic E-state index is -0.563. The van der Waals surface area contributed by atoms with Crippen LogP contribution in [0.1, 0.15) is 28.0 Å². The van der Waals surface area contributed by atoms with Crippen LogP contribution in [-0.2, 0) is 17.7 Å². The van der Waals surface area contributed by atoms with Gasteiger partial charge >= 0.3 is 12.1 Å².